The fraction of sp³-hybridized carbons (Fsp3) is 0.800. The largest absolute Gasteiger partial charge is 0.303 e. The summed E-state index contributed by atoms with van der Waals surface area (Å²) in [5, 5.41) is 3.09. The van der Waals surface area contributed by atoms with E-state index in [0.29, 0.717) is 6.42 Å². The first-order valence-electron chi connectivity index (χ1n) is 5.05. The van der Waals surface area contributed by atoms with Crippen LogP contribution >= 0.6 is 0 Å². The van der Waals surface area contributed by atoms with Crippen molar-refractivity contribution in [3.8, 4) is 0 Å². The first-order chi connectivity index (χ1) is 6.43. The minimum absolute atomic E-state index is 0.0334. The molecule has 0 saturated carbocycles. The number of nitrogens with zero attached hydrogens (tertiary/aromatic N) is 1. The average molecular weight is 198 g/mol. The zero-order valence-corrected chi connectivity index (χ0v) is 9.20. The van der Waals surface area contributed by atoms with Gasteiger partial charge in [-0.2, -0.15) is 0 Å². The number of carbonyl (C=O) groups is 2. The van der Waals surface area contributed by atoms with E-state index < -0.39 is 0 Å². The predicted molar refractivity (Wildman–Crippen MR) is 53.7 cm³/mol. The fourth-order valence-corrected chi connectivity index (χ4v) is 1.73. The fourth-order valence-electron chi connectivity index (χ4n) is 1.73. The Hall–Kier alpha value is -0.900. The smallest absolute Gasteiger partial charge is 0.247 e. The summed E-state index contributed by atoms with van der Waals surface area (Å²) >= 11 is 0. The van der Waals surface area contributed by atoms with Crippen LogP contribution < -0.4 is 5.32 Å². The summed E-state index contributed by atoms with van der Waals surface area (Å²) in [5.74, 6) is -0.151. The molecule has 2 amide bonds. The van der Waals surface area contributed by atoms with Gasteiger partial charge in [0.05, 0.1) is 12.5 Å². The molecule has 14 heavy (non-hydrogen) atoms. The SMILES string of the molecule is CC(C)NC1CC(=O)N(C(C)C)C1=O. The number of hydrogen-bond acceptors (Lipinski definition) is 3. The molecule has 1 rings (SSSR count). The van der Waals surface area contributed by atoms with E-state index in [1.54, 1.807) is 0 Å². The summed E-state index contributed by atoms with van der Waals surface area (Å²) in [7, 11) is 0. The Kier molecular flexibility index (Phi) is 3.26. The number of rotatable bonds is 3. The standard InChI is InChI=1S/C10H18N2O2/c1-6(2)11-8-5-9(13)12(7(3)4)10(8)14/h6-8,11H,5H2,1-4H3. The van der Waals surface area contributed by atoms with Crippen LogP contribution in [0.15, 0.2) is 0 Å². The summed E-state index contributed by atoms with van der Waals surface area (Å²) in [6.07, 6.45) is 0.301. The Morgan fingerprint density at radius 1 is 1.29 bits per heavy atom. The van der Waals surface area contributed by atoms with E-state index in [1.165, 1.54) is 4.90 Å². The molecule has 1 atom stereocenters. The lowest BCUT2D eigenvalue weighted by molar-refractivity contribution is -0.140. The van der Waals surface area contributed by atoms with Crippen molar-refractivity contribution >= 4 is 11.8 Å². The maximum absolute atomic E-state index is 11.7. The predicted octanol–water partition coefficient (Wildman–Crippen LogP) is 0.520. The van der Waals surface area contributed by atoms with Crippen molar-refractivity contribution in [2.75, 3.05) is 0 Å². The summed E-state index contributed by atoms with van der Waals surface area (Å²) in [6.45, 7) is 7.65. The Balaban J connectivity index is 2.69. The summed E-state index contributed by atoms with van der Waals surface area (Å²) in [5.41, 5.74) is 0. The highest BCUT2D eigenvalue weighted by molar-refractivity contribution is 6.05. The monoisotopic (exact) mass is 198 g/mol. The van der Waals surface area contributed by atoms with Crippen LogP contribution in [0.5, 0.6) is 0 Å². The summed E-state index contributed by atoms with van der Waals surface area (Å²) in [6, 6.07) is -0.122. The molecule has 0 spiro atoms. The van der Waals surface area contributed by atoms with Gasteiger partial charge in [0.2, 0.25) is 11.8 Å². The van der Waals surface area contributed by atoms with Gasteiger partial charge in [-0.05, 0) is 13.8 Å². The Morgan fingerprint density at radius 2 is 1.86 bits per heavy atom. The van der Waals surface area contributed by atoms with E-state index in [4.69, 9.17) is 0 Å². The van der Waals surface area contributed by atoms with Crippen molar-refractivity contribution in [1.82, 2.24) is 10.2 Å². The highest BCUT2D eigenvalue weighted by Gasteiger charge is 2.39. The minimum atomic E-state index is -0.315. The van der Waals surface area contributed by atoms with Gasteiger partial charge in [-0.25, -0.2) is 0 Å². The number of imide groups is 1. The second kappa shape index (κ2) is 4.09. The number of nitrogens with one attached hydrogen (secondary N) is 1. The molecule has 80 valence electrons. The average Bonchev–Trinajstić information content (AvgIpc) is 2.25. The van der Waals surface area contributed by atoms with Gasteiger partial charge in [-0.15, -0.1) is 0 Å². The van der Waals surface area contributed by atoms with E-state index >= 15 is 0 Å². The van der Waals surface area contributed by atoms with Gasteiger partial charge < -0.3 is 5.32 Å². The third-order valence-corrected chi connectivity index (χ3v) is 2.23. The first kappa shape index (κ1) is 11.2. The Labute approximate surface area is 84.7 Å². The second-order valence-corrected chi connectivity index (χ2v) is 4.27. The zero-order chi connectivity index (χ0) is 10.9. The third kappa shape index (κ3) is 2.12. The number of likely N-dealkylation sites (tertiary alicyclic amines) is 1. The van der Waals surface area contributed by atoms with Gasteiger partial charge in [0.15, 0.2) is 0 Å². The van der Waals surface area contributed by atoms with Gasteiger partial charge in [-0.3, -0.25) is 14.5 Å². The van der Waals surface area contributed by atoms with Gasteiger partial charge in [0, 0.05) is 12.1 Å². The maximum Gasteiger partial charge on any atom is 0.247 e. The molecule has 1 aliphatic heterocycles. The second-order valence-electron chi connectivity index (χ2n) is 4.27. The van der Waals surface area contributed by atoms with Gasteiger partial charge in [-0.1, -0.05) is 13.8 Å². The minimum Gasteiger partial charge on any atom is -0.303 e. The first-order valence-corrected chi connectivity index (χ1v) is 5.05. The molecule has 0 aliphatic carbocycles. The third-order valence-electron chi connectivity index (χ3n) is 2.23. The lowest BCUT2D eigenvalue weighted by atomic mass is 10.2. The van der Waals surface area contributed by atoms with Gasteiger partial charge >= 0.3 is 0 Å². The molecule has 0 radical (unpaired) electrons. The normalized spacial score (nSPS) is 23.0. The molecule has 0 bridgehead atoms. The molecular weight excluding hydrogens is 180 g/mol. The topological polar surface area (TPSA) is 49.4 Å². The van der Waals surface area contributed by atoms with Crippen molar-refractivity contribution in [2.24, 2.45) is 0 Å². The van der Waals surface area contributed by atoms with Crippen LogP contribution in [0, 0.1) is 0 Å². The highest BCUT2D eigenvalue weighted by atomic mass is 16.2. The van der Waals surface area contributed by atoms with Crippen LogP contribution in [-0.2, 0) is 9.59 Å². The van der Waals surface area contributed by atoms with Crippen LogP contribution in [0.4, 0.5) is 0 Å². The van der Waals surface area contributed by atoms with E-state index in [1.807, 2.05) is 27.7 Å². The van der Waals surface area contributed by atoms with Crippen LogP contribution in [0.1, 0.15) is 34.1 Å². The van der Waals surface area contributed by atoms with E-state index in [2.05, 4.69) is 5.32 Å². The van der Waals surface area contributed by atoms with E-state index in [9.17, 15) is 9.59 Å². The van der Waals surface area contributed by atoms with Crippen molar-refractivity contribution in [3.63, 3.8) is 0 Å². The number of carbonyl (C=O) groups excluding carboxylic acids is 2. The van der Waals surface area contributed by atoms with Crippen molar-refractivity contribution in [2.45, 2.75) is 52.2 Å². The zero-order valence-electron chi connectivity index (χ0n) is 9.20. The molecule has 1 fully saturated rings. The van der Waals surface area contributed by atoms with Crippen molar-refractivity contribution in [3.05, 3.63) is 0 Å². The van der Waals surface area contributed by atoms with Gasteiger partial charge in [0.1, 0.15) is 0 Å². The molecule has 0 aromatic heterocycles. The van der Waals surface area contributed by atoms with Crippen LogP contribution in [0.2, 0.25) is 0 Å². The van der Waals surface area contributed by atoms with E-state index in [-0.39, 0.29) is 29.9 Å². The lowest BCUT2D eigenvalue weighted by Crippen LogP contribution is -2.43. The lowest BCUT2D eigenvalue weighted by Gasteiger charge is -2.19. The Morgan fingerprint density at radius 3 is 2.21 bits per heavy atom. The molecule has 1 N–H and O–H groups in total. The molecule has 1 saturated heterocycles. The summed E-state index contributed by atoms with van der Waals surface area (Å²) in [4.78, 5) is 24.6. The molecule has 1 heterocycles. The van der Waals surface area contributed by atoms with Gasteiger partial charge in [0.25, 0.3) is 0 Å². The van der Waals surface area contributed by atoms with Crippen LogP contribution in [0.25, 0.3) is 0 Å². The molecule has 0 aromatic carbocycles. The van der Waals surface area contributed by atoms with Crippen LogP contribution in [-0.4, -0.2) is 34.8 Å². The quantitative estimate of drug-likeness (QED) is 0.673. The molecule has 1 unspecified atom stereocenters. The Bertz CT molecular complexity index is 249. The van der Waals surface area contributed by atoms with Crippen LogP contribution in [0.3, 0.4) is 0 Å². The summed E-state index contributed by atoms with van der Waals surface area (Å²) < 4.78 is 0. The number of amides is 2. The van der Waals surface area contributed by atoms with Crippen molar-refractivity contribution < 1.29 is 9.59 Å². The maximum atomic E-state index is 11.7. The molecular formula is C10H18N2O2. The molecule has 4 heteroatoms. The molecule has 4 nitrogen and oxygen atoms in total. The highest BCUT2D eigenvalue weighted by Crippen LogP contribution is 2.16. The molecule has 1 aliphatic rings. The van der Waals surface area contributed by atoms with E-state index in [0.717, 1.165) is 0 Å². The van der Waals surface area contributed by atoms with Crippen molar-refractivity contribution in [1.29, 1.82) is 0 Å². The number of hydrogen-bond donors (Lipinski definition) is 1. The molecule has 0 aromatic rings.